The van der Waals surface area contributed by atoms with E-state index in [0.717, 1.165) is 0 Å². The number of benzene rings is 2. The predicted octanol–water partition coefficient (Wildman–Crippen LogP) is 12.6. The van der Waals surface area contributed by atoms with Gasteiger partial charge < -0.3 is 10.2 Å². The molecule has 0 saturated carbocycles. The van der Waals surface area contributed by atoms with Crippen molar-refractivity contribution < 1.29 is 46.3 Å². The Balaban J connectivity index is 0.000000460. The van der Waals surface area contributed by atoms with E-state index in [2.05, 4.69) is 42.1 Å². The molecule has 290 valence electrons. The van der Waals surface area contributed by atoms with Crippen molar-refractivity contribution in [3.8, 4) is 0 Å². The van der Waals surface area contributed by atoms with E-state index in [0.29, 0.717) is 0 Å². The summed E-state index contributed by atoms with van der Waals surface area (Å²) in [5.41, 5.74) is 0.335. The lowest BCUT2D eigenvalue weighted by Crippen LogP contribution is -2.32. The number of nitrogens with zero attached hydrogens (tertiary/aromatic N) is 1. The molecule has 0 aliphatic heterocycles. The van der Waals surface area contributed by atoms with E-state index < -0.39 is 41.0 Å². The zero-order valence-electron chi connectivity index (χ0n) is 31.1. The zero-order valence-corrected chi connectivity index (χ0v) is 31.1. The molecule has 0 amide bonds. The van der Waals surface area contributed by atoms with Crippen molar-refractivity contribution in [1.82, 2.24) is 0 Å². The first-order chi connectivity index (χ1) is 25.0. The summed E-state index contributed by atoms with van der Waals surface area (Å²) in [5, 5.41) is 17.4. The molecule has 0 spiro atoms. The minimum atomic E-state index is -2.14. The highest BCUT2D eigenvalue weighted by Crippen LogP contribution is 2.18. The number of rotatable bonds is 23. The van der Waals surface area contributed by atoms with Crippen molar-refractivity contribution in [2.75, 3.05) is 0 Å². The number of hydrogen-bond donors (Lipinski definition) is 2. The van der Waals surface area contributed by atoms with Crippen molar-refractivity contribution in [2.24, 2.45) is 0 Å². The van der Waals surface area contributed by atoms with Crippen molar-refractivity contribution in [1.29, 1.82) is 0 Å². The number of carboxylic acids is 2. The first-order valence-corrected chi connectivity index (χ1v) is 19.0. The smallest absolute Gasteiger partial charge is 0.335 e. The van der Waals surface area contributed by atoms with Gasteiger partial charge in [-0.2, -0.15) is 0 Å². The van der Waals surface area contributed by atoms with Crippen LogP contribution in [0.1, 0.15) is 162 Å². The van der Waals surface area contributed by atoms with Crippen LogP contribution < -0.4 is 4.57 Å². The number of aromatic carboxylic acids is 2. The van der Waals surface area contributed by atoms with Crippen LogP contribution in [0.4, 0.5) is 22.0 Å². The molecule has 0 unspecified atom stereocenters. The fourth-order valence-electron chi connectivity index (χ4n) is 5.78. The largest absolute Gasteiger partial charge is 0.478 e. The fraction of sp³-hybridized carbons (Fsp3) is 0.548. The van der Waals surface area contributed by atoms with Crippen LogP contribution >= 0.6 is 0 Å². The van der Waals surface area contributed by atoms with Gasteiger partial charge in [-0.1, -0.05) is 135 Å². The van der Waals surface area contributed by atoms with Crippen LogP contribution in [0.25, 0.3) is 0 Å². The third-order valence-corrected chi connectivity index (χ3v) is 8.90. The highest BCUT2D eigenvalue weighted by Gasteiger charge is 2.18. The fourth-order valence-corrected chi connectivity index (χ4v) is 5.78. The molecule has 3 rings (SSSR count). The highest BCUT2D eigenvalue weighted by molar-refractivity contribution is 5.96. The van der Waals surface area contributed by atoms with Gasteiger partial charge in [0.25, 0.3) is 0 Å². The molecule has 0 saturated heterocycles. The van der Waals surface area contributed by atoms with E-state index in [4.69, 9.17) is 10.2 Å². The van der Waals surface area contributed by atoms with Gasteiger partial charge in [0.15, 0.2) is 35.7 Å². The second-order valence-electron chi connectivity index (χ2n) is 13.2. The summed E-state index contributed by atoms with van der Waals surface area (Å²) in [6, 6.07) is 10.4. The van der Waals surface area contributed by atoms with E-state index in [1.165, 1.54) is 160 Å². The molecule has 1 heterocycles. The van der Waals surface area contributed by atoms with Gasteiger partial charge in [0, 0.05) is 24.6 Å². The average molecular weight is 737 g/mol. The third-order valence-electron chi connectivity index (χ3n) is 8.90. The molecular formula is C42H59F5NO4+. The number of aromatic nitrogens is 1. The van der Waals surface area contributed by atoms with Crippen LogP contribution in [-0.4, -0.2) is 22.2 Å². The SMILES string of the molecule is CCCCCCCCCCCCCCCCCCCCCC[n+]1ccccc1.Cc1c(C(=O)O)cccc1C(=O)O.Fc1cc(F)c(F)c(F)c1F. The van der Waals surface area contributed by atoms with Crippen LogP contribution in [0, 0.1) is 36.0 Å². The minimum Gasteiger partial charge on any atom is -0.478 e. The van der Waals surface area contributed by atoms with E-state index in [1.54, 1.807) is 0 Å². The number of aryl methyl sites for hydroxylation is 1. The Morgan fingerprint density at radius 1 is 0.519 bits per heavy atom. The molecule has 2 aromatic carbocycles. The van der Waals surface area contributed by atoms with Gasteiger partial charge in [-0.15, -0.1) is 0 Å². The van der Waals surface area contributed by atoms with Crippen LogP contribution in [0.5, 0.6) is 0 Å². The number of pyridine rings is 1. The van der Waals surface area contributed by atoms with Gasteiger partial charge in [0.1, 0.15) is 6.54 Å². The summed E-state index contributed by atoms with van der Waals surface area (Å²) >= 11 is 0. The normalized spacial score (nSPS) is 10.6. The van der Waals surface area contributed by atoms with E-state index in [9.17, 15) is 31.5 Å². The summed E-state index contributed by atoms with van der Waals surface area (Å²) < 4.78 is 62.3. The predicted molar refractivity (Wildman–Crippen MR) is 196 cm³/mol. The van der Waals surface area contributed by atoms with Gasteiger partial charge in [0.05, 0.1) is 11.1 Å². The Bertz CT molecular complexity index is 1360. The quantitative estimate of drug-likeness (QED) is 0.0334. The summed E-state index contributed by atoms with van der Waals surface area (Å²) in [4.78, 5) is 21.2. The molecule has 0 bridgehead atoms. The molecule has 1 aromatic heterocycles. The number of halogens is 5. The zero-order chi connectivity index (χ0) is 38.6. The maximum atomic E-state index is 12.0. The Hall–Kier alpha value is -3.82. The maximum absolute atomic E-state index is 12.0. The van der Waals surface area contributed by atoms with E-state index in [1.807, 2.05) is 0 Å². The summed E-state index contributed by atoms with van der Waals surface area (Å²) in [6.07, 6.45) is 33.4. The first-order valence-electron chi connectivity index (χ1n) is 19.0. The molecule has 0 fully saturated rings. The Labute approximate surface area is 307 Å². The minimum absolute atomic E-state index is 0.0277. The average Bonchev–Trinajstić information content (AvgIpc) is 3.13. The van der Waals surface area contributed by atoms with Gasteiger partial charge in [-0.25, -0.2) is 36.1 Å². The Morgan fingerprint density at radius 2 is 0.865 bits per heavy atom. The number of unbranched alkanes of at least 4 members (excludes halogenated alkanes) is 19. The van der Waals surface area contributed by atoms with Gasteiger partial charge in [0.2, 0.25) is 5.82 Å². The Morgan fingerprint density at radius 3 is 1.21 bits per heavy atom. The van der Waals surface area contributed by atoms with Crippen molar-refractivity contribution in [3.05, 3.63) is 101 Å². The van der Waals surface area contributed by atoms with Crippen molar-refractivity contribution in [2.45, 2.75) is 149 Å². The van der Waals surface area contributed by atoms with Crippen LogP contribution in [-0.2, 0) is 6.54 Å². The number of carbonyl (C=O) groups is 2. The van der Waals surface area contributed by atoms with E-state index in [-0.39, 0.29) is 22.8 Å². The second-order valence-corrected chi connectivity index (χ2v) is 13.2. The summed E-state index contributed by atoms with van der Waals surface area (Å²) in [6.45, 7) is 4.96. The molecule has 0 radical (unpaired) electrons. The van der Waals surface area contributed by atoms with Crippen molar-refractivity contribution >= 4 is 11.9 Å². The van der Waals surface area contributed by atoms with E-state index >= 15 is 0 Å². The molecule has 52 heavy (non-hydrogen) atoms. The monoisotopic (exact) mass is 736 g/mol. The van der Waals surface area contributed by atoms with Gasteiger partial charge >= 0.3 is 11.9 Å². The van der Waals surface area contributed by atoms with Crippen LogP contribution in [0.15, 0.2) is 54.9 Å². The molecule has 5 nitrogen and oxygen atoms in total. The van der Waals surface area contributed by atoms with Gasteiger partial charge in [-0.3, -0.25) is 0 Å². The molecule has 0 atom stereocenters. The Kier molecular flexibility index (Phi) is 25.5. The highest BCUT2D eigenvalue weighted by atomic mass is 19.2. The van der Waals surface area contributed by atoms with Crippen molar-refractivity contribution in [3.63, 3.8) is 0 Å². The molecule has 0 aliphatic carbocycles. The lowest BCUT2D eigenvalue weighted by atomic mass is 10.0. The molecule has 0 aliphatic rings. The van der Waals surface area contributed by atoms with Gasteiger partial charge in [-0.05, 0) is 31.0 Å². The second kappa shape index (κ2) is 28.7. The molecule has 10 heteroatoms. The lowest BCUT2D eigenvalue weighted by Gasteiger charge is -2.04. The third kappa shape index (κ3) is 20.3. The first kappa shape index (κ1) is 46.2. The van der Waals surface area contributed by atoms with Crippen LogP contribution in [0.2, 0.25) is 0 Å². The molecule has 2 N–H and O–H groups in total. The standard InChI is InChI=1S/C27H50N.C9H8O4.C6HF5/c1-2-3-4-5-6-7-8-9-10-11-12-13-14-15-16-17-18-19-20-22-25-28-26-23-21-24-27-28;1-5-6(8(10)11)3-2-4-7(5)9(12)13;7-2-1-3(8)5(10)6(11)4(2)9/h21,23-24,26-27H,2-20,22,25H2,1H3;2-4H,1H3,(H,10,11)(H,12,13);1H/q+1;;. The number of carboxylic acid groups (broad SMARTS) is 2. The lowest BCUT2D eigenvalue weighted by molar-refractivity contribution is -0.697. The molecular weight excluding hydrogens is 677 g/mol. The van der Waals surface area contributed by atoms with Crippen LogP contribution in [0.3, 0.4) is 0 Å². The summed E-state index contributed by atoms with van der Waals surface area (Å²) in [7, 11) is 0. The molecule has 3 aromatic rings. The summed E-state index contributed by atoms with van der Waals surface area (Å²) in [5.74, 6) is -11.9. The number of hydrogen-bond acceptors (Lipinski definition) is 2. The maximum Gasteiger partial charge on any atom is 0.335 e. The topological polar surface area (TPSA) is 78.5 Å².